The number of piperidine rings is 1. The number of anilines is 1. The number of carbonyl (C=O) groups excluding carboxylic acids is 3. The third-order valence-electron chi connectivity index (χ3n) is 14.1. The average Bonchev–Trinajstić information content (AvgIpc) is 3.39. The number of likely N-dealkylation sites (tertiary alicyclic amines) is 1. The molecule has 2 heterocycles. The average molecular weight is 1010 g/mol. The van der Waals surface area contributed by atoms with Crippen molar-refractivity contribution >= 4 is 69.2 Å². The molecule has 3 amide bonds. The van der Waals surface area contributed by atoms with Gasteiger partial charge in [0, 0.05) is 66.3 Å². The first-order chi connectivity index (χ1) is 35.1. The summed E-state index contributed by atoms with van der Waals surface area (Å²) >= 11 is 6.78. The Balaban J connectivity index is 0.838. The van der Waals surface area contributed by atoms with Gasteiger partial charge in [0.05, 0.1) is 11.2 Å². The Hall–Kier alpha value is -5.76. The van der Waals surface area contributed by atoms with Gasteiger partial charge in [-0.1, -0.05) is 143 Å². The smallest absolute Gasteiger partial charge is 0.336 e. The van der Waals surface area contributed by atoms with Gasteiger partial charge in [-0.25, -0.2) is 4.79 Å². The van der Waals surface area contributed by atoms with E-state index in [1.54, 1.807) is 43.3 Å². The number of hydrogen-bond acceptors (Lipinski definition) is 6. The molecule has 0 saturated carbocycles. The molecule has 0 radical (unpaired) electrons. The Kier molecular flexibility index (Phi) is 20.9. The molecule has 72 heavy (non-hydrogen) atoms. The van der Waals surface area contributed by atoms with Gasteiger partial charge >= 0.3 is 5.63 Å². The maximum absolute atomic E-state index is 13.4. The Morgan fingerprint density at radius 3 is 1.81 bits per heavy atom. The molecule has 1 aliphatic heterocycles. The molecule has 1 fully saturated rings. The lowest BCUT2D eigenvalue weighted by Gasteiger charge is -2.33. The molecule has 5 aromatic carbocycles. The van der Waals surface area contributed by atoms with E-state index in [0.717, 1.165) is 44.7 Å². The Bertz CT molecular complexity index is 2610. The number of carbonyl (C=O) groups is 3. The lowest BCUT2D eigenvalue weighted by Crippen LogP contribution is -2.49. The highest BCUT2D eigenvalue weighted by Gasteiger charge is 2.44. The zero-order chi connectivity index (χ0) is 50.5. The predicted octanol–water partition coefficient (Wildman–Crippen LogP) is 13.2. The number of rotatable bonds is 27. The van der Waals surface area contributed by atoms with Crippen LogP contribution >= 0.6 is 18.9 Å². The minimum atomic E-state index is -1.89. The van der Waals surface area contributed by atoms with Gasteiger partial charge in [0.1, 0.15) is 34.5 Å². The molecule has 0 bridgehead atoms. The van der Waals surface area contributed by atoms with Crippen molar-refractivity contribution in [2.75, 3.05) is 24.6 Å². The molecular weight excluding hydrogens is 937 g/mol. The molecule has 0 unspecified atom stereocenters. The molecule has 0 spiro atoms. The molecule has 1 aliphatic rings. The molecule has 1 saturated heterocycles. The maximum Gasteiger partial charge on any atom is 0.336 e. The first-order valence-electron chi connectivity index (χ1n) is 26.6. The first kappa shape index (κ1) is 54.0. The van der Waals surface area contributed by atoms with Gasteiger partial charge in [-0.15, -0.1) is 0 Å². The van der Waals surface area contributed by atoms with Crippen LogP contribution in [0.5, 0.6) is 5.75 Å². The van der Waals surface area contributed by atoms with Gasteiger partial charge in [-0.2, -0.15) is 0 Å². The molecule has 11 heteroatoms. The van der Waals surface area contributed by atoms with Crippen molar-refractivity contribution in [2.45, 2.75) is 142 Å². The number of benzene rings is 5. The SMILES string of the molecule is CCCCCCCCCCCCCC(=O)Nc1ccc(-c2cc(=O)oc3cc(O[C@H](C)C(=O)NC4CCN(C(=O)CCCCC[P+](c5ccccc5)(c5ccccc5)c5ccccc5)CC4)ccc23)c(Cl)c1. The zero-order valence-electron chi connectivity index (χ0n) is 42.4. The van der Waals surface area contributed by atoms with Crippen LogP contribution in [0.1, 0.15) is 129 Å². The third kappa shape index (κ3) is 15.1. The summed E-state index contributed by atoms with van der Waals surface area (Å²) in [5.41, 5.74) is 1.54. The van der Waals surface area contributed by atoms with Gasteiger partial charge < -0.3 is 24.7 Å². The van der Waals surface area contributed by atoms with Crippen LogP contribution in [-0.2, 0) is 14.4 Å². The van der Waals surface area contributed by atoms with Crippen molar-refractivity contribution in [1.82, 2.24) is 10.2 Å². The van der Waals surface area contributed by atoms with Crippen LogP contribution in [0.15, 0.2) is 143 Å². The van der Waals surface area contributed by atoms with Gasteiger partial charge in [0.15, 0.2) is 6.10 Å². The number of amides is 3. The van der Waals surface area contributed by atoms with Crippen LogP contribution in [-0.4, -0.2) is 54.0 Å². The largest absolute Gasteiger partial charge is 0.481 e. The second kappa shape index (κ2) is 27.9. The summed E-state index contributed by atoms with van der Waals surface area (Å²) in [6.45, 7) is 5.12. The van der Waals surface area contributed by atoms with E-state index in [1.165, 1.54) is 73.3 Å². The van der Waals surface area contributed by atoms with E-state index in [9.17, 15) is 19.2 Å². The van der Waals surface area contributed by atoms with Gasteiger partial charge in [0.2, 0.25) is 11.8 Å². The lowest BCUT2D eigenvalue weighted by atomic mass is 10.0. The summed E-state index contributed by atoms with van der Waals surface area (Å²) in [6.07, 6.45) is 18.8. The highest BCUT2D eigenvalue weighted by molar-refractivity contribution is 7.95. The van der Waals surface area contributed by atoms with Crippen LogP contribution in [0.2, 0.25) is 5.02 Å². The van der Waals surface area contributed by atoms with Crippen molar-refractivity contribution < 1.29 is 23.5 Å². The van der Waals surface area contributed by atoms with Crippen LogP contribution in [0.25, 0.3) is 22.1 Å². The Labute approximate surface area is 432 Å². The Morgan fingerprint density at radius 2 is 1.22 bits per heavy atom. The second-order valence-corrected chi connectivity index (χ2v) is 23.5. The van der Waals surface area contributed by atoms with Gasteiger partial charge in [0.25, 0.3) is 5.91 Å². The normalized spacial score (nSPS) is 13.5. The Morgan fingerprint density at radius 1 is 0.667 bits per heavy atom. The summed E-state index contributed by atoms with van der Waals surface area (Å²) in [4.78, 5) is 54.3. The standard InChI is InChI=1S/C61H73ClN3O6P/c1-3-4-5-6-7-8-9-10-11-12-23-32-58(66)63-48-34-36-53(56(62)43-48)55-45-60(68)71-57-44-49(35-37-54(55)57)70-46(2)61(69)64-47-38-40-65(41-39-47)59(67)33-24-16-25-42-72(50-26-17-13-18-27-50,51-28-19-14-20-29-51)52-30-21-15-22-31-52/h13-15,17-22,26-31,34-37,43-47H,3-12,16,23-25,32-33,38-42H2,1-2H3,(H-,63,64,66,68,69)/p+1/t46-/m1/s1. The molecular formula is C61H74ClN3O6P+. The minimum absolute atomic E-state index is 0.0447. The molecule has 0 aliphatic carbocycles. The van der Waals surface area contributed by atoms with E-state index in [4.69, 9.17) is 20.8 Å². The second-order valence-electron chi connectivity index (χ2n) is 19.4. The number of unbranched alkanes of at least 4 members (excludes halogenated alkanes) is 12. The number of halogens is 1. The summed E-state index contributed by atoms with van der Waals surface area (Å²) < 4.78 is 11.7. The lowest BCUT2D eigenvalue weighted by molar-refractivity contribution is -0.133. The maximum atomic E-state index is 13.4. The summed E-state index contributed by atoms with van der Waals surface area (Å²) in [5.74, 6) is 0.247. The van der Waals surface area contributed by atoms with E-state index in [2.05, 4.69) is 109 Å². The van der Waals surface area contributed by atoms with E-state index in [-0.39, 0.29) is 23.8 Å². The highest BCUT2D eigenvalue weighted by Crippen LogP contribution is 2.56. The number of ether oxygens (including phenoxy) is 1. The summed E-state index contributed by atoms with van der Waals surface area (Å²) in [6, 6.07) is 44.5. The fourth-order valence-electron chi connectivity index (χ4n) is 10.1. The highest BCUT2D eigenvalue weighted by atomic mass is 35.5. The number of fused-ring (bicyclic) bond motifs is 1. The molecule has 1 atom stereocenters. The quantitative estimate of drug-likeness (QED) is 0.0301. The van der Waals surface area contributed by atoms with Gasteiger partial charge in [-0.3, -0.25) is 14.4 Å². The topological polar surface area (TPSA) is 118 Å². The van der Waals surface area contributed by atoms with Crippen molar-refractivity contribution in [3.63, 3.8) is 0 Å². The fourth-order valence-corrected chi connectivity index (χ4v) is 14.8. The van der Waals surface area contributed by atoms with Crippen molar-refractivity contribution in [2.24, 2.45) is 0 Å². The van der Waals surface area contributed by atoms with Crippen LogP contribution < -0.4 is 36.9 Å². The summed E-state index contributed by atoms with van der Waals surface area (Å²) in [5, 5.41) is 11.3. The van der Waals surface area contributed by atoms with Crippen LogP contribution in [0, 0.1) is 0 Å². The molecule has 6 aromatic rings. The minimum Gasteiger partial charge on any atom is -0.481 e. The molecule has 1 aromatic heterocycles. The molecule has 9 nitrogen and oxygen atoms in total. The number of hydrogen-bond donors (Lipinski definition) is 2. The van der Waals surface area contributed by atoms with Crippen molar-refractivity contribution in [3.8, 4) is 16.9 Å². The monoisotopic (exact) mass is 1010 g/mol. The summed E-state index contributed by atoms with van der Waals surface area (Å²) in [7, 11) is -1.89. The van der Waals surface area contributed by atoms with E-state index in [0.29, 0.717) is 77.3 Å². The van der Waals surface area contributed by atoms with E-state index < -0.39 is 19.0 Å². The van der Waals surface area contributed by atoms with Gasteiger partial charge in [-0.05, 0) is 106 Å². The number of nitrogens with zero attached hydrogens (tertiary/aromatic N) is 1. The predicted molar refractivity (Wildman–Crippen MR) is 299 cm³/mol. The zero-order valence-corrected chi connectivity index (χ0v) is 44.1. The van der Waals surface area contributed by atoms with Crippen LogP contribution in [0.4, 0.5) is 5.69 Å². The van der Waals surface area contributed by atoms with E-state index >= 15 is 0 Å². The number of nitrogens with one attached hydrogen (secondary N) is 2. The fraction of sp³-hybridized carbons (Fsp3) is 0.410. The first-order valence-corrected chi connectivity index (χ1v) is 29.0. The third-order valence-corrected chi connectivity index (χ3v) is 19.0. The molecule has 7 rings (SSSR count). The van der Waals surface area contributed by atoms with Crippen molar-refractivity contribution in [1.29, 1.82) is 0 Å². The molecule has 2 N–H and O–H groups in total. The van der Waals surface area contributed by atoms with E-state index in [1.807, 2.05) is 4.90 Å². The van der Waals surface area contributed by atoms with Crippen LogP contribution in [0.3, 0.4) is 0 Å². The van der Waals surface area contributed by atoms with Crippen molar-refractivity contribution in [3.05, 3.63) is 149 Å². The molecule has 380 valence electrons.